The largest absolute Gasteiger partial charge is 0.386 e. The van der Waals surface area contributed by atoms with Crippen LogP contribution in [0.4, 0.5) is 8.78 Å². The predicted octanol–water partition coefficient (Wildman–Crippen LogP) is 1.21. The summed E-state index contributed by atoms with van der Waals surface area (Å²) in [5.74, 6) is -0.917. The highest BCUT2D eigenvalue weighted by Crippen LogP contribution is 2.17. The quantitative estimate of drug-likeness (QED) is 0.835. The molecule has 1 fully saturated rings. The van der Waals surface area contributed by atoms with Crippen molar-refractivity contribution in [2.45, 2.75) is 18.6 Å². The number of rotatable bonds is 4. The van der Waals surface area contributed by atoms with Crippen LogP contribution in [-0.2, 0) is 11.3 Å². The lowest BCUT2D eigenvalue weighted by molar-refractivity contribution is 0.0268. The molecule has 0 spiro atoms. The first-order valence-corrected chi connectivity index (χ1v) is 5.54. The summed E-state index contributed by atoms with van der Waals surface area (Å²) in [6, 6.07) is 3.33. The van der Waals surface area contributed by atoms with E-state index in [-0.39, 0.29) is 18.7 Å². The molecule has 1 aromatic rings. The van der Waals surface area contributed by atoms with Gasteiger partial charge in [0.2, 0.25) is 0 Å². The van der Waals surface area contributed by atoms with Gasteiger partial charge in [-0.3, -0.25) is 0 Å². The van der Waals surface area contributed by atoms with Crippen molar-refractivity contribution < 1.29 is 18.6 Å². The highest BCUT2D eigenvalue weighted by Gasteiger charge is 2.31. The van der Waals surface area contributed by atoms with E-state index in [4.69, 9.17) is 4.74 Å². The molecule has 94 valence electrons. The van der Waals surface area contributed by atoms with E-state index < -0.39 is 17.2 Å². The minimum Gasteiger partial charge on any atom is -0.386 e. The van der Waals surface area contributed by atoms with Gasteiger partial charge in [0.05, 0.1) is 6.61 Å². The summed E-state index contributed by atoms with van der Waals surface area (Å²) in [5.41, 5.74) is -0.628. The van der Waals surface area contributed by atoms with Crippen LogP contribution < -0.4 is 5.32 Å². The van der Waals surface area contributed by atoms with Gasteiger partial charge in [-0.15, -0.1) is 0 Å². The van der Waals surface area contributed by atoms with Crippen LogP contribution in [0.5, 0.6) is 0 Å². The highest BCUT2D eigenvalue weighted by atomic mass is 19.1. The summed E-state index contributed by atoms with van der Waals surface area (Å²) in [6.45, 7) is 1.31. The molecule has 0 radical (unpaired) electrons. The van der Waals surface area contributed by atoms with E-state index >= 15 is 0 Å². The Kier molecular flexibility index (Phi) is 3.71. The molecule has 0 aromatic heterocycles. The van der Waals surface area contributed by atoms with E-state index in [0.29, 0.717) is 19.6 Å². The lowest BCUT2D eigenvalue weighted by atomic mass is 10.0. The molecule has 0 aliphatic carbocycles. The van der Waals surface area contributed by atoms with E-state index in [1.165, 1.54) is 0 Å². The van der Waals surface area contributed by atoms with Crippen molar-refractivity contribution in [2.24, 2.45) is 0 Å². The Labute approximate surface area is 98.4 Å². The van der Waals surface area contributed by atoms with Crippen LogP contribution >= 0.6 is 0 Å². The fraction of sp³-hybridized carbons (Fsp3) is 0.500. The summed E-state index contributed by atoms with van der Waals surface area (Å²) in [6.07, 6.45) is 0.561. The second-order valence-electron chi connectivity index (χ2n) is 4.37. The van der Waals surface area contributed by atoms with Crippen LogP contribution in [0, 0.1) is 11.6 Å². The standard InChI is InChI=1S/C12H15F2NO2/c13-10-1-2-11(14)9(5-10)6-15-7-12(16)3-4-17-8-12/h1-2,5,15-16H,3-4,6-8H2. The van der Waals surface area contributed by atoms with E-state index in [1.54, 1.807) is 0 Å². The van der Waals surface area contributed by atoms with Crippen LogP contribution in [0.2, 0.25) is 0 Å². The van der Waals surface area contributed by atoms with Crippen molar-refractivity contribution in [1.82, 2.24) is 5.32 Å². The molecule has 0 amide bonds. The van der Waals surface area contributed by atoms with Crippen LogP contribution in [-0.4, -0.2) is 30.5 Å². The number of hydrogen-bond donors (Lipinski definition) is 2. The monoisotopic (exact) mass is 243 g/mol. The zero-order chi connectivity index (χ0) is 12.3. The van der Waals surface area contributed by atoms with Gasteiger partial charge in [-0.2, -0.15) is 0 Å². The lowest BCUT2D eigenvalue weighted by Gasteiger charge is -2.20. The molecule has 1 aromatic carbocycles. The average Bonchev–Trinajstić information content (AvgIpc) is 2.71. The first kappa shape index (κ1) is 12.4. The van der Waals surface area contributed by atoms with Crippen molar-refractivity contribution in [1.29, 1.82) is 0 Å². The SMILES string of the molecule is OC1(CNCc2cc(F)ccc2F)CCOC1. The van der Waals surface area contributed by atoms with Crippen LogP contribution in [0.1, 0.15) is 12.0 Å². The Morgan fingerprint density at radius 3 is 2.94 bits per heavy atom. The average molecular weight is 243 g/mol. The zero-order valence-corrected chi connectivity index (χ0v) is 9.38. The van der Waals surface area contributed by atoms with Crippen molar-refractivity contribution in [2.75, 3.05) is 19.8 Å². The molecule has 1 atom stereocenters. The Morgan fingerprint density at radius 2 is 2.24 bits per heavy atom. The maximum absolute atomic E-state index is 13.3. The first-order valence-electron chi connectivity index (χ1n) is 5.54. The molecular formula is C12H15F2NO2. The topological polar surface area (TPSA) is 41.5 Å². The van der Waals surface area contributed by atoms with Gasteiger partial charge in [0.25, 0.3) is 0 Å². The van der Waals surface area contributed by atoms with Gasteiger partial charge in [-0.25, -0.2) is 8.78 Å². The molecule has 17 heavy (non-hydrogen) atoms. The fourth-order valence-electron chi connectivity index (χ4n) is 1.84. The van der Waals surface area contributed by atoms with Gasteiger partial charge in [0.15, 0.2) is 0 Å². The van der Waals surface area contributed by atoms with Gasteiger partial charge in [-0.1, -0.05) is 0 Å². The molecule has 1 saturated heterocycles. The molecule has 1 heterocycles. The second kappa shape index (κ2) is 5.08. The summed E-state index contributed by atoms with van der Waals surface area (Å²) >= 11 is 0. The van der Waals surface area contributed by atoms with Gasteiger partial charge in [0.1, 0.15) is 17.2 Å². The molecule has 5 heteroatoms. The third-order valence-electron chi connectivity index (χ3n) is 2.86. The molecule has 3 nitrogen and oxygen atoms in total. The van der Waals surface area contributed by atoms with Crippen LogP contribution in [0.3, 0.4) is 0 Å². The van der Waals surface area contributed by atoms with E-state index in [9.17, 15) is 13.9 Å². The molecule has 2 rings (SSSR count). The minimum atomic E-state index is -0.885. The van der Waals surface area contributed by atoms with Crippen molar-refractivity contribution in [3.63, 3.8) is 0 Å². The van der Waals surface area contributed by atoms with Gasteiger partial charge >= 0.3 is 0 Å². The Bertz CT molecular complexity index is 392. The second-order valence-corrected chi connectivity index (χ2v) is 4.37. The van der Waals surface area contributed by atoms with Gasteiger partial charge < -0.3 is 15.2 Å². The van der Waals surface area contributed by atoms with Crippen LogP contribution in [0.15, 0.2) is 18.2 Å². The van der Waals surface area contributed by atoms with E-state index in [0.717, 1.165) is 18.2 Å². The summed E-state index contributed by atoms with van der Waals surface area (Å²) in [5, 5.41) is 12.9. The molecule has 0 saturated carbocycles. The minimum absolute atomic E-state index is 0.186. The molecule has 1 unspecified atom stereocenters. The third-order valence-corrected chi connectivity index (χ3v) is 2.86. The summed E-state index contributed by atoms with van der Waals surface area (Å²) in [4.78, 5) is 0. The number of benzene rings is 1. The van der Waals surface area contributed by atoms with E-state index in [2.05, 4.69) is 5.32 Å². The number of halogens is 2. The van der Waals surface area contributed by atoms with Crippen molar-refractivity contribution >= 4 is 0 Å². The van der Waals surface area contributed by atoms with Crippen molar-refractivity contribution in [3.8, 4) is 0 Å². The van der Waals surface area contributed by atoms with Crippen molar-refractivity contribution in [3.05, 3.63) is 35.4 Å². The summed E-state index contributed by atoms with van der Waals surface area (Å²) < 4.78 is 31.2. The van der Waals surface area contributed by atoms with Gasteiger partial charge in [-0.05, 0) is 18.2 Å². The molecule has 2 N–H and O–H groups in total. The number of nitrogens with one attached hydrogen (secondary N) is 1. The third kappa shape index (κ3) is 3.21. The zero-order valence-electron chi connectivity index (χ0n) is 9.38. The number of hydrogen-bond acceptors (Lipinski definition) is 3. The van der Waals surface area contributed by atoms with Gasteiger partial charge in [0, 0.05) is 31.7 Å². The molecular weight excluding hydrogens is 228 g/mol. The Morgan fingerprint density at radius 1 is 1.41 bits per heavy atom. The maximum Gasteiger partial charge on any atom is 0.127 e. The Balaban J connectivity index is 1.87. The Hall–Kier alpha value is -1.04. The highest BCUT2D eigenvalue weighted by molar-refractivity contribution is 5.18. The smallest absolute Gasteiger partial charge is 0.127 e. The predicted molar refractivity (Wildman–Crippen MR) is 58.5 cm³/mol. The van der Waals surface area contributed by atoms with E-state index in [1.807, 2.05) is 0 Å². The molecule has 1 aliphatic heterocycles. The fourth-order valence-corrected chi connectivity index (χ4v) is 1.84. The lowest BCUT2D eigenvalue weighted by Crippen LogP contribution is -2.40. The van der Waals surface area contributed by atoms with Crippen LogP contribution in [0.25, 0.3) is 0 Å². The first-order chi connectivity index (χ1) is 8.09. The maximum atomic E-state index is 13.3. The normalized spacial score (nSPS) is 24.2. The number of aliphatic hydroxyl groups is 1. The number of ether oxygens (including phenoxy) is 1. The summed E-state index contributed by atoms with van der Waals surface area (Å²) in [7, 11) is 0. The molecule has 0 bridgehead atoms. The molecule has 1 aliphatic rings.